The first-order valence-electron chi connectivity index (χ1n) is 12.0. The van der Waals surface area contributed by atoms with E-state index in [-0.39, 0.29) is 18.9 Å². The second kappa shape index (κ2) is 9.58. The monoisotopic (exact) mass is 526 g/mol. The van der Waals surface area contributed by atoms with Crippen molar-refractivity contribution in [3.05, 3.63) is 40.7 Å². The topological polar surface area (TPSA) is 112 Å². The molecule has 36 heavy (non-hydrogen) atoms. The molecule has 9 nitrogen and oxygen atoms in total. The summed E-state index contributed by atoms with van der Waals surface area (Å²) in [5, 5.41) is 19.4. The van der Waals surface area contributed by atoms with Crippen LogP contribution in [0.1, 0.15) is 47.9 Å². The van der Waals surface area contributed by atoms with Crippen LogP contribution in [0.4, 0.5) is 24.5 Å². The molecule has 0 spiro atoms. The zero-order valence-electron chi connectivity index (χ0n) is 19.6. The highest BCUT2D eigenvalue weighted by Crippen LogP contribution is 2.38. The summed E-state index contributed by atoms with van der Waals surface area (Å²) < 4.78 is 75.6. The fraction of sp³-hybridized carbons (Fsp3) is 0.565. The van der Waals surface area contributed by atoms with Crippen LogP contribution < -0.4 is 14.7 Å². The molecule has 1 fully saturated rings. The highest BCUT2D eigenvalue weighted by molar-refractivity contribution is 7.91. The number of hydrogen-bond donors (Lipinski definition) is 1. The Morgan fingerprint density at radius 1 is 1.17 bits per heavy atom. The average Bonchev–Trinajstić information content (AvgIpc) is 3.54. The van der Waals surface area contributed by atoms with Gasteiger partial charge in [0.25, 0.3) is 0 Å². The first-order chi connectivity index (χ1) is 17.1. The van der Waals surface area contributed by atoms with Crippen molar-refractivity contribution in [3.8, 4) is 0 Å². The standard InChI is InChI=1S/C23H28F3N5O4S/c24-23(25,26)14-30-13-18(12-27-30)31(17-7-9-35-10-8-17)36(33,34)29-22(32)28-21-19-5-1-3-15(19)11-16-4-2-6-20(16)21/h11-13,17H,1-10,14H2,(H2,28,29,32)/p-1. The minimum Gasteiger partial charge on any atom is -0.845 e. The summed E-state index contributed by atoms with van der Waals surface area (Å²) in [4.78, 5) is 0. The number of fused-ring (bicyclic) bond motifs is 2. The molecule has 2 aromatic rings. The van der Waals surface area contributed by atoms with Crippen LogP contribution in [0.15, 0.2) is 22.9 Å². The van der Waals surface area contributed by atoms with Gasteiger partial charge < -0.3 is 15.2 Å². The molecule has 0 bridgehead atoms. The number of amidine groups is 1. The normalized spacial score (nSPS) is 18.8. The Labute approximate surface area is 207 Å². The van der Waals surface area contributed by atoms with Crippen molar-refractivity contribution < 1.29 is 31.4 Å². The van der Waals surface area contributed by atoms with Gasteiger partial charge in [0.15, 0.2) is 0 Å². The molecule has 2 aliphatic carbocycles. The smallest absolute Gasteiger partial charge is 0.408 e. The number of anilines is 2. The third-order valence-corrected chi connectivity index (χ3v) is 8.29. The van der Waals surface area contributed by atoms with Gasteiger partial charge in [-0.2, -0.15) is 26.7 Å². The minimum atomic E-state index is -4.60. The van der Waals surface area contributed by atoms with Gasteiger partial charge in [0.2, 0.25) is 0 Å². The molecule has 13 heteroatoms. The average molecular weight is 527 g/mol. The number of aryl methyl sites for hydroxylation is 2. The van der Waals surface area contributed by atoms with E-state index in [1.807, 2.05) is 0 Å². The van der Waals surface area contributed by atoms with Crippen molar-refractivity contribution in [3.63, 3.8) is 0 Å². The van der Waals surface area contributed by atoms with Crippen LogP contribution >= 0.6 is 0 Å². The summed E-state index contributed by atoms with van der Waals surface area (Å²) in [6, 6.07) is 0.540. The van der Waals surface area contributed by atoms with Gasteiger partial charge in [-0.3, -0.25) is 4.68 Å². The Morgan fingerprint density at radius 3 is 2.42 bits per heavy atom. The van der Waals surface area contributed by atoms with Crippen LogP contribution in [-0.2, 0) is 47.2 Å². The second-order valence-electron chi connectivity index (χ2n) is 9.38. The molecule has 196 valence electrons. The number of benzene rings is 1. The number of hydrogen-bond acceptors (Lipinski definition) is 5. The van der Waals surface area contributed by atoms with Crippen LogP contribution in [0.5, 0.6) is 0 Å². The van der Waals surface area contributed by atoms with E-state index in [4.69, 9.17) is 4.74 Å². The predicted molar refractivity (Wildman–Crippen MR) is 125 cm³/mol. The third kappa shape index (κ3) is 5.17. The molecule has 0 amide bonds. The lowest BCUT2D eigenvalue weighted by molar-refractivity contribution is -0.213. The summed E-state index contributed by atoms with van der Waals surface area (Å²) in [6.45, 7) is -0.805. The molecule has 1 saturated heterocycles. The number of rotatable bonds is 6. The summed E-state index contributed by atoms with van der Waals surface area (Å²) in [5.74, 6) is 0. The van der Waals surface area contributed by atoms with Crippen LogP contribution in [0, 0.1) is 0 Å². The molecule has 0 saturated carbocycles. The molecule has 1 aliphatic heterocycles. The Bertz CT molecular complexity index is 1240. The van der Waals surface area contributed by atoms with Crippen LogP contribution in [-0.4, -0.2) is 49.7 Å². The molecule has 1 aromatic carbocycles. The number of ether oxygens (including phenoxy) is 1. The fourth-order valence-electron chi connectivity index (χ4n) is 5.43. The fourth-order valence-corrected chi connectivity index (χ4v) is 6.73. The van der Waals surface area contributed by atoms with E-state index in [2.05, 4.69) is 20.9 Å². The largest absolute Gasteiger partial charge is 0.845 e. The van der Waals surface area contributed by atoms with Gasteiger partial charge in [-0.25, -0.2) is 4.31 Å². The molecule has 0 radical (unpaired) electrons. The van der Waals surface area contributed by atoms with Gasteiger partial charge in [0, 0.05) is 25.1 Å². The number of halogens is 3. The maximum Gasteiger partial charge on any atom is 0.408 e. The summed E-state index contributed by atoms with van der Waals surface area (Å²) in [6.07, 6.45) is 3.52. The van der Waals surface area contributed by atoms with Crippen molar-refractivity contribution in [2.24, 2.45) is 4.40 Å². The first-order valence-corrected chi connectivity index (χ1v) is 13.4. The zero-order valence-corrected chi connectivity index (χ0v) is 20.4. The quantitative estimate of drug-likeness (QED) is 0.457. The Hall–Kier alpha value is -2.80. The highest BCUT2D eigenvalue weighted by atomic mass is 32.2. The molecule has 0 atom stereocenters. The maximum atomic E-state index is 13.4. The molecule has 5 rings (SSSR count). The molecular weight excluding hydrogens is 499 g/mol. The van der Waals surface area contributed by atoms with Gasteiger partial charge in [-0.15, -0.1) is 4.40 Å². The van der Waals surface area contributed by atoms with E-state index < -0.39 is 35.0 Å². The molecule has 0 unspecified atom stereocenters. The lowest BCUT2D eigenvalue weighted by atomic mass is 9.99. The van der Waals surface area contributed by atoms with Crippen molar-refractivity contribution in [1.29, 1.82) is 0 Å². The summed E-state index contributed by atoms with van der Waals surface area (Å²) in [5.41, 5.74) is 5.00. The Balaban J connectivity index is 1.46. The summed E-state index contributed by atoms with van der Waals surface area (Å²) >= 11 is 0. The number of nitrogens with zero attached hydrogens (tertiary/aromatic N) is 4. The van der Waals surface area contributed by atoms with E-state index in [0.717, 1.165) is 66.4 Å². The van der Waals surface area contributed by atoms with Crippen LogP contribution in [0.3, 0.4) is 0 Å². The number of aromatic nitrogens is 2. The van der Waals surface area contributed by atoms with Crippen LogP contribution in [0.25, 0.3) is 0 Å². The van der Waals surface area contributed by atoms with E-state index in [1.165, 1.54) is 11.1 Å². The highest BCUT2D eigenvalue weighted by Gasteiger charge is 2.34. The lowest BCUT2D eigenvalue weighted by Gasteiger charge is -2.33. The first kappa shape index (κ1) is 24.9. The third-order valence-electron chi connectivity index (χ3n) is 6.89. The molecule has 1 aromatic heterocycles. The predicted octanol–water partition coefficient (Wildman–Crippen LogP) is 2.48. The van der Waals surface area contributed by atoms with E-state index in [1.54, 1.807) is 0 Å². The molecule has 1 N–H and O–H groups in total. The second-order valence-corrected chi connectivity index (χ2v) is 10.9. The van der Waals surface area contributed by atoms with Crippen LogP contribution in [0.2, 0.25) is 0 Å². The summed E-state index contributed by atoms with van der Waals surface area (Å²) in [7, 11) is -4.60. The van der Waals surface area contributed by atoms with E-state index in [0.29, 0.717) is 23.2 Å². The minimum absolute atomic E-state index is 0.0794. The number of nitrogens with one attached hydrogen (secondary N) is 1. The van der Waals surface area contributed by atoms with Gasteiger partial charge in [0.05, 0.1) is 23.9 Å². The Kier molecular flexibility index (Phi) is 6.62. The van der Waals surface area contributed by atoms with E-state index in [9.17, 15) is 26.7 Å². The molecule has 3 aliphatic rings. The van der Waals surface area contributed by atoms with Crippen molar-refractivity contribution >= 4 is 27.6 Å². The number of alkyl halides is 3. The SMILES string of the molecule is O=S(=O)(/N=C(\[O-])Nc1c2c(cc3c1CCC3)CCC2)N(c1cnn(CC(F)(F)F)c1)C1CCOCC1. The maximum absolute atomic E-state index is 13.4. The lowest BCUT2D eigenvalue weighted by Crippen LogP contribution is -2.44. The van der Waals surface area contributed by atoms with Crippen molar-refractivity contribution in [2.75, 3.05) is 22.8 Å². The molecular formula is C23H27F3N5O4S-. The van der Waals surface area contributed by atoms with E-state index >= 15 is 0 Å². The van der Waals surface area contributed by atoms with Crippen molar-refractivity contribution in [2.45, 2.75) is 70.1 Å². The van der Waals surface area contributed by atoms with Gasteiger partial charge in [-0.05, 0) is 73.6 Å². The van der Waals surface area contributed by atoms with Gasteiger partial charge >= 0.3 is 16.4 Å². The van der Waals surface area contributed by atoms with Gasteiger partial charge in [0.1, 0.15) is 6.54 Å². The zero-order chi connectivity index (χ0) is 25.5. The Morgan fingerprint density at radius 2 is 1.81 bits per heavy atom. The van der Waals surface area contributed by atoms with Crippen molar-refractivity contribution in [1.82, 2.24) is 9.78 Å². The molecule has 2 heterocycles. The van der Waals surface area contributed by atoms with Gasteiger partial charge in [-0.1, -0.05) is 6.07 Å².